The van der Waals surface area contributed by atoms with Crippen molar-refractivity contribution in [3.05, 3.63) is 42.1 Å². The predicted molar refractivity (Wildman–Crippen MR) is 65.1 cm³/mol. The fourth-order valence-corrected chi connectivity index (χ4v) is 1.55. The van der Waals surface area contributed by atoms with Gasteiger partial charge < -0.3 is 10.5 Å². The van der Waals surface area contributed by atoms with E-state index in [2.05, 4.69) is 17.1 Å². The van der Waals surface area contributed by atoms with Crippen molar-refractivity contribution in [2.24, 2.45) is 5.73 Å². The minimum Gasteiger partial charge on any atom is -0.375 e. The summed E-state index contributed by atoms with van der Waals surface area (Å²) in [5.74, 6) is 0. The van der Waals surface area contributed by atoms with Gasteiger partial charge in [-0.15, -0.1) is 0 Å². The number of fused-ring (bicyclic) bond motifs is 1. The Labute approximate surface area is 95.2 Å². The highest BCUT2D eigenvalue weighted by molar-refractivity contribution is 5.78. The lowest BCUT2D eigenvalue weighted by Gasteiger charge is -2.04. The zero-order valence-electron chi connectivity index (χ0n) is 9.23. The maximum absolute atomic E-state index is 5.47. The average Bonchev–Trinajstić information content (AvgIpc) is 2.34. The molecule has 0 aliphatic heterocycles. The lowest BCUT2D eigenvalue weighted by molar-refractivity contribution is 0.117. The third-order valence-corrected chi connectivity index (χ3v) is 2.40. The van der Waals surface area contributed by atoms with E-state index in [0.29, 0.717) is 19.8 Å². The molecule has 0 radical (unpaired) electrons. The third-order valence-electron chi connectivity index (χ3n) is 2.40. The van der Waals surface area contributed by atoms with Crippen LogP contribution in [0.5, 0.6) is 0 Å². The Kier molecular flexibility index (Phi) is 3.86. The lowest BCUT2D eigenvalue weighted by atomic mass is 10.2. The van der Waals surface area contributed by atoms with Gasteiger partial charge in [-0.2, -0.15) is 0 Å². The van der Waals surface area contributed by atoms with Gasteiger partial charge in [-0.3, -0.25) is 4.98 Å². The van der Waals surface area contributed by atoms with Crippen molar-refractivity contribution in [1.82, 2.24) is 4.98 Å². The molecule has 3 heteroatoms. The first kappa shape index (κ1) is 11.0. The van der Waals surface area contributed by atoms with Crippen LogP contribution in [-0.4, -0.2) is 18.1 Å². The van der Waals surface area contributed by atoms with Crippen LogP contribution >= 0.6 is 0 Å². The number of para-hydroxylation sites is 1. The number of rotatable bonds is 5. The van der Waals surface area contributed by atoms with Crippen LogP contribution < -0.4 is 5.73 Å². The molecular formula is C13H16N2O. The normalized spacial score (nSPS) is 10.8. The van der Waals surface area contributed by atoms with E-state index in [1.807, 2.05) is 24.3 Å². The van der Waals surface area contributed by atoms with Crippen molar-refractivity contribution < 1.29 is 4.74 Å². The van der Waals surface area contributed by atoms with E-state index < -0.39 is 0 Å². The molecule has 3 nitrogen and oxygen atoms in total. The monoisotopic (exact) mass is 216 g/mol. The van der Waals surface area contributed by atoms with Crippen molar-refractivity contribution in [1.29, 1.82) is 0 Å². The first-order chi connectivity index (χ1) is 7.90. The molecular weight excluding hydrogens is 200 g/mol. The molecule has 84 valence electrons. The van der Waals surface area contributed by atoms with Crippen LogP contribution in [0.1, 0.15) is 12.1 Å². The summed E-state index contributed by atoms with van der Waals surface area (Å²) in [6.07, 6.45) is 0.896. The predicted octanol–water partition coefficient (Wildman–Crippen LogP) is 2.10. The highest BCUT2D eigenvalue weighted by atomic mass is 16.5. The Morgan fingerprint density at radius 1 is 1.12 bits per heavy atom. The Hall–Kier alpha value is -1.45. The standard InChI is InChI=1S/C13H16N2O/c14-8-3-9-16-10-12-7-6-11-4-1-2-5-13(11)15-12/h1-2,4-7H,3,8-10,14H2. The molecule has 0 amide bonds. The van der Waals surface area contributed by atoms with Gasteiger partial charge in [0.1, 0.15) is 0 Å². The number of hydrogen-bond acceptors (Lipinski definition) is 3. The second-order valence-corrected chi connectivity index (χ2v) is 3.69. The second-order valence-electron chi connectivity index (χ2n) is 3.69. The van der Waals surface area contributed by atoms with E-state index in [1.54, 1.807) is 0 Å². The van der Waals surface area contributed by atoms with E-state index in [4.69, 9.17) is 10.5 Å². The molecule has 2 rings (SSSR count). The smallest absolute Gasteiger partial charge is 0.0888 e. The Bertz CT molecular complexity index is 456. The van der Waals surface area contributed by atoms with Crippen LogP contribution in [0.4, 0.5) is 0 Å². The van der Waals surface area contributed by atoms with Gasteiger partial charge in [0, 0.05) is 12.0 Å². The molecule has 0 aliphatic rings. The van der Waals surface area contributed by atoms with Gasteiger partial charge in [-0.25, -0.2) is 0 Å². The highest BCUT2D eigenvalue weighted by Gasteiger charge is 1.97. The maximum Gasteiger partial charge on any atom is 0.0888 e. The minimum absolute atomic E-state index is 0.560. The van der Waals surface area contributed by atoms with Crippen molar-refractivity contribution in [3.63, 3.8) is 0 Å². The first-order valence-corrected chi connectivity index (χ1v) is 5.52. The molecule has 1 heterocycles. The molecule has 2 aromatic rings. The number of nitrogens with zero attached hydrogens (tertiary/aromatic N) is 1. The molecule has 0 bridgehead atoms. The van der Waals surface area contributed by atoms with Crippen molar-refractivity contribution in [2.75, 3.05) is 13.2 Å². The maximum atomic E-state index is 5.47. The van der Waals surface area contributed by atoms with E-state index in [1.165, 1.54) is 0 Å². The minimum atomic E-state index is 0.560. The Morgan fingerprint density at radius 3 is 2.88 bits per heavy atom. The van der Waals surface area contributed by atoms with E-state index in [0.717, 1.165) is 23.0 Å². The Morgan fingerprint density at radius 2 is 2.00 bits per heavy atom. The molecule has 0 fully saturated rings. The zero-order chi connectivity index (χ0) is 11.2. The van der Waals surface area contributed by atoms with Crippen molar-refractivity contribution in [3.8, 4) is 0 Å². The number of benzene rings is 1. The molecule has 1 aromatic heterocycles. The topological polar surface area (TPSA) is 48.1 Å². The SMILES string of the molecule is NCCCOCc1ccc2ccccc2n1. The number of hydrogen-bond donors (Lipinski definition) is 1. The van der Waals surface area contributed by atoms with Crippen LogP contribution in [-0.2, 0) is 11.3 Å². The van der Waals surface area contributed by atoms with Gasteiger partial charge in [0.25, 0.3) is 0 Å². The Balaban J connectivity index is 2.02. The van der Waals surface area contributed by atoms with Crippen LogP contribution in [0.3, 0.4) is 0 Å². The molecule has 0 aliphatic carbocycles. The molecule has 2 N–H and O–H groups in total. The van der Waals surface area contributed by atoms with Gasteiger partial charge in [0.15, 0.2) is 0 Å². The summed E-state index contributed by atoms with van der Waals surface area (Å²) >= 11 is 0. The summed E-state index contributed by atoms with van der Waals surface area (Å²) < 4.78 is 5.47. The van der Waals surface area contributed by atoms with Gasteiger partial charge in [0.2, 0.25) is 0 Å². The first-order valence-electron chi connectivity index (χ1n) is 5.52. The van der Waals surface area contributed by atoms with Crippen LogP contribution in [0.2, 0.25) is 0 Å². The van der Waals surface area contributed by atoms with Crippen LogP contribution in [0.25, 0.3) is 10.9 Å². The fraction of sp³-hybridized carbons (Fsp3) is 0.308. The summed E-state index contributed by atoms with van der Waals surface area (Å²) in [6.45, 7) is 1.93. The summed E-state index contributed by atoms with van der Waals surface area (Å²) in [7, 11) is 0. The average molecular weight is 216 g/mol. The van der Waals surface area contributed by atoms with Crippen LogP contribution in [0.15, 0.2) is 36.4 Å². The molecule has 1 aromatic carbocycles. The van der Waals surface area contributed by atoms with Gasteiger partial charge in [-0.1, -0.05) is 24.3 Å². The zero-order valence-corrected chi connectivity index (χ0v) is 9.23. The molecule has 0 atom stereocenters. The van der Waals surface area contributed by atoms with Gasteiger partial charge in [-0.05, 0) is 25.1 Å². The van der Waals surface area contributed by atoms with Crippen molar-refractivity contribution in [2.45, 2.75) is 13.0 Å². The fourth-order valence-electron chi connectivity index (χ4n) is 1.55. The van der Waals surface area contributed by atoms with E-state index >= 15 is 0 Å². The second kappa shape index (κ2) is 5.58. The largest absolute Gasteiger partial charge is 0.375 e. The third kappa shape index (κ3) is 2.78. The number of ether oxygens (including phenoxy) is 1. The van der Waals surface area contributed by atoms with Crippen molar-refractivity contribution >= 4 is 10.9 Å². The molecule has 16 heavy (non-hydrogen) atoms. The molecule has 0 saturated carbocycles. The molecule has 0 unspecified atom stereocenters. The van der Waals surface area contributed by atoms with Crippen LogP contribution in [0, 0.1) is 0 Å². The highest BCUT2D eigenvalue weighted by Crippen LogP contribution is 2.12. The summed E-state index contributed by atoms with van der Waals surface area (Å²) in [4.78, 5) is 4.52. The van der Waals surface area contributed by atoms with E-state index in [9.17, 15) is 0 Å². The lowest BCUT2D eigenvalue weighted by Crippen LogP contribution is -2.04. The number of nitrogens with two attached hydrogens (primary N) is 1. The quantitative estimate of drug-likeness (QED) is 0.779. The number of pyridine rings is 1. The van der Waals surface area contributed by atoms with Gasteiger partial charge >= 0.3 is 0 Å². The molecule has 0 spiro atoms. The number of aromatic nitrogens is 1. The van der Waals surface area contributed by atoms with Gasteiger partial charge in [0.05, 0.1) is 17.8 Å². The van der Waals surface area contributed by atoms with E-state index in [-0.39, 0.29) is 0 Å². The summed E-state index contributed by atoms with van der Waals surface area (Å²) in [5, 5.41) is 1.16. The molecule has 0 saturated heterocycles. The summed E-state index contributed by atoms with van der Waals surface area (Å²) in [5.41, 5.74) is 7.37. The summed E-state index contributed by atoms with van der Waals surface area (Å²) in [6, 6.07) is 12.2.